The Hall–Kier alpha value is -5.39. The first-order valence-electron chi connectivity index (χ1n) is 16.8. The van der Waals surface area contributed by atoms with Crippen molar-refractivity contribution in [1.82, 2.24) is 14.5 Å². The van der Waals surface area contributed by atoms with Gasteiger partial charge in [-0.15, -0.1) is 54.1 Å². The average molecular weight is 854 g/mol. The number of benzene rings is 6. The minimum atomic E-state index is -1.23. The smallest absolute Gasteiger partial charge is 0.120 e. The van der Waals surface area contributed by atoms with Crippen molar-refractivity contribution in [2.24, 2.45) is 0 Å². The van der Waals surface area contributed by atoms with Gasteiger partial charge in [0.25, 0.3) is 0 Å². The number of hydrogen-bond acceptors (Lipinski definition) is 3. The molecular weight excluding hydrogens is 819 g/mol. The molecule has 0 spiro atoms. The molecule has 1 radical (unpaired) electrons. The van der Waals surface area contributed by atoms with Crippen molar-refractivity contribution < 1.29 is 24.5 Å². The monoisotopic (exact) mass is 854 g/mol. The molecule has 0 saturated carbocycles. The van der Waals surface area contributed by atoms with Crippen molar-refractivity contribution in [3.05, 3.63) is 170 Å². The third kappa shape index (κ3) is 6.74. The number of fused-ring (bicyclic) bond motifs is 4. The summed E-state index contributed by atoms with van der Waals surface area (Å²) in [5.74, 6) is 0.814. The minimum Gasteiger partial charge on any atom is -0.501 e. The number of pyridine rings is 1. The Morgan fingerprint density at radius 3 is 2.18 bits per heavy atom. The van der Waals surface area contributed by atoms with Gasteiger partial charge in [-0.25, -0.2) is 0 Å². The Bertz CT molecular complexity index is 2570. The molecule has 0 bridgehead atoms. The van der Waals surface area contributed by atoms with Crippen LogP contribution in [0.5, 0.6) is 0 Å². The van der Waals surface area contributed by atoms with Crippen molar-refractivity contribution in [1.29, 1.82) is 0 Å². The van der Waals surface area contributed by atoms with Gasteiger partial charge in [-0.1, -0.05) is 122 Å². The molecule has 3 aromatic heterocycles. The molecule has 0 amide bonds. The SMILES string of the molecule is C[Si](C)(C)c1ccc(-c2[c-]cccc2)nc1.[Ir].[c-]1ccc2c(oc3ccccc32)c1-c1nc2ccccc2n1-c1ccccc1-c1ccccc1. The molecule has 6 heteroatoms. The van der Waals surface area contributed by atoms with Crippen LogP contribution in [-0.2, 0) is 20.1 Å². The molecule has 6 aromatic carbocycles. The molecule has 0 aliphatic rings. The molecule has 0 fully saturated rings. The fourth-order valence-electron chi connectivity index (χ4n) is 6.37. The molecule has 51 heavy (non-hydrogen) atoms. The van der Waals surface area contributed by atoms with E-state index in [1.807, 2.05) is 66.9 Å². The van der Waals surface area contributed by atoms with Crippen LogP contribution in [0.3, 0.4) is 0 Å². The quantitative estimate of drug-likeness (QED) is 0.128. The normalized spacial score (nSPS) is 11.3. The maximum atomic E-state index is 6.36. The van der Waals surface area contributed by atoms with Crippen LogP contribution in [0.2, 0.25) is 19.6 Å². The van der Waals surface area contributed by atoms with Crippen molar-refractivity contribution in [3.8, 4) is 39.5 Å². The van der Waals surface area contributed by atoms with Gasteiger partial charge in [0.1, 0.15) is 5.58 Å². The molecular formula is C45H35IrN3OSi-2. The Kier molecular flexibility index (Phi) is 9.66. The van der Waals surface area contributed by atoms with E-state index in [4.69, 9.17) is 9.40 Å². The van der Waals surface area contributed by atoms with E-state index >= 15 is 0 Å². The van der Waals surface area contributed by atoms with Crippen LogP contribution in [0.1, 0.15) is 0 Å². The largest absolute Gasteiger partial charge is 0.501 e. The minimum absolute atomic E-state index is 0. The summed E-state index contributed by atoms with van der Waals surface area (Å²) >= 11 is 0. The number of furan rings is 1. The average Bonchev–Trinajstić information content (AvgIpc) is 3.74. The number of nitrogens with zero attached hydrogens (tertiary/aromatic N) is 3. The maximum Gasteiger partial charge on any atom is 0.120 e. The Morgan fingerprint density at radius 2 is 1.39 bits per heavy atom. The first-order chi connectivity index (χ1) is 24.5. The summed E-state index contributed by atoms with van der Waals surface area (Å²) in [5.41, 5.74) is 9.93. The summed E-state index contributed by atoms with van der Waals surface area (Å²) < 4.78 is 8.59. The second kappa shape index (κ2) is 14.5. The molecule has 0 atom stereocenters. The number of para-hydroxylation sites is 4. The summed E-state index contributed by atoms with van der Waals surface area (Å²) in [6, 6.07) is 58.2. The van der Waals surface area contributed by atoms with Gasteiger partial charge in [-0.05, 0) is 40.7 Å². The number of hydrogen-bond donors (Lipinski definition) is 0. The summed E-state index contributed by atoms with van der Waals surface area (Å²) in [6.45, 7) is 7.00. The zero-order valence-corrected chi connectivity index (χ0v) is 32.0. The van der Waals surface area contributed by atoms with Crippen molar-refractivity contribution in [2.75, 3.05) is 0 Å². The van der Waals surface area contributed by atoms with Gasteiger partial charge < -0.3 is 14.0 Å². The molecule has 251 valence electrons. The van der Waals surface area contributed by atoms with Gasteiger partial charge in [-0.3, -0.25) is 4.98 Å². The second-order valence-corrected chi connectivity index (χ2v) is 18.4. The molecule has 0 saturated heterocycles. The topological polar surface area (TPSA) is 43.9 Å². The van der Waals surface area contributed by atoms with Crippen LogP contribution >= 0.6 is 0 Å². The van der Waals surface area contributed by atoms with E-state index in [-0.39, 0.29) is 20.1 Å². The standard InChI is InChI=1S/C31H19N2O.C14H16NSi.Ir/c1-2-11-21(12-3-1)22-13-4-7-18-27(22)33-28-19-8-6-17-26(28)32-31(33)25-16-10-15-24-23-14-5-9-20-29(23)34-30(24)25;1-16(2,3)13-9-10-14(15-11-13)12-7-5-4-6-8-12;/h1-15,17-20H;4-7,9-11H,1-3H3;/q2*-1;. The van der Waals surface area contributed by atoms with Crippen LogP contribution in [0, 0.1) is 12.1 Å². The van der Waals surface area contributed by atoms with Gasteiger partial charge in [0.05, 0.1) is 30.5 Å². The predicted molar refractivity (Wildman–Crippen MR) is 210 cm³/mol. The van der Waals surface area contributed by atoms with Gasteiger partial charge in [0.15, 0.2) is 0 Å². The third-order valence-electron chi connectivity index (χ3n) is 8.97. The number of imidazole rings is 1. The fourth-order valence-corrected chi connectivity index (χ4v) is 7.41. The molecule has 0 aliphatic carbocycles. The molecule has 9 rings (SSSR count). The molecule has 0 N–H and O–H groups in total. The van der Waals surface area contributed by atoms with Gasteiger partial charge in [0, 0.05) is 42.9 Å². The zero-order chi connectivity index (χ0) is 34.1. The molecule has 4 nitrogen and oxygen atoms in total. The van der Waals surface area contributed by atoms with Gasteiger partial charge >= 0.3 is 0 Å². The van der Waals surface area contributed by atoms with E-state index < -0.39 is 8.07 Å². The second-order valence-electron chi connectivity index (χ2n) is 13.3. The summed E-state index contributed by atoms with van der Waals surface area (Å²) in [4.78, 5) is 9.60. The van der Waals surface area contributed by atoms with Gasteiger partial charge in [-0.2, -0.15) is 0 Å². The maximum absolute atomic E-state index is 6.36. The fraction of sp³-hybridized carbons (Fsp3) is 0.0667. The third-order valence-corrected chi connectivity index (χ3v) is 11.0. The van der Waals surface area contributed by atoms with Crippen LogP contribution < -0.4 is 5.19 Å². The van der Waals surface area contributed by atoms with E-state index in [2.05, 4.69) is 132 Å². The summed E-state index contributed by atoms with van der Waals surface area (Å²) in [7, 11) is -1.23. The van der Waals surface area contributed by atoms with E-state index in [1.165, 1.54) is 5.19 Å². The van der Waals surface area contributed by atoms with E-state index in [0.29, 0.717) is 0 Å². The van der Waals surface area contributed by atoms with Gasteiger partial charge in [0.2, 0.25) is 0 Å². The molecule has 9 aromatic rings. The zero-order valence-electron chi connectivity index (χ0n) is 28.6. The Labute approximate surface area is 312 Å². The molecule has 0 unspecified atom stereocenters. The van der Waals surface area contributed by atoms with E-state index in [9.17, 15) is 0 Å². The van der Waals surface area contributed by atoms with Crippen molar-refractivity contribution in [3.63, 3.8) is 0 Å². The Morgan fingerprint density at radius 1 is 0.647 bits per heavy atom. The molecule has 3 heterocycles. The predicted octanol–water partition coefficient (Wildman–Crippen LogP) is 11.2. The van der Waals surface area contributed by atoms with E-state index in [1.54, 1.807) is 0 Å². The summed E-state index contributed by atoms with van der Waals surface area (Å²) in [5, 5.41) is 3.56. The van der Waals surface area contributed by atoms with Crippen molar-refractivity contribution in [2.45, 2.75) is 19.6 Å². The first kappa shape index (κ1) is 34.1. The van der Waals surface area contributed by atoms with Crippen molar-refractivity contribution >= 4 is 46.2 Å². The Balaban J connectivity index is 0.000000202. The van der Waals surface area contributed by atoms with Crippen LogP contribution in [0.15, 0.2) is 162 Å². The summed E-state index contributed by atoms with van der Waals surface area (Å²) in [6.07, 6.45) is 2.02. The van der Waals surface area contributed by atoms with Crippen LogP contribution in [0.4, 0.5) is 0 Å². The van der Waals surface area contributed by atoms with E-state index in [0.717, 1.165) is 72.4 Å². The van der Waals surface area contributed by atoms with Crippen LogP contribution in [0.25, 0.3) is 72.4 Å². The van der Waals surface area contributed by atoms with Crippen LogP contribution in [-0.4, -0.2) is 22.6 Å². The number of rotatable bonds is 5. The molecule has 0 aliphatic heterocycles. The first-order valence-corrected chi connectivity index (χ1v) is 20.3. The number of aromatic nitrogens is 3.